The van der Waals surface area contributed by atoms with Crippen LogP contribution in [-0.4, -0.2) is 37.9 Å². The second-order valence-corrected chi connectivity index (χ2v) is 12.7. The van der Waals surface area contributed by atoms with Gasteiger partial charge in [-0.25, -0.2) is 4.79 Å². The standard InChI is InChI=1S/C21H27NO6S.C14H14O/c1-15-5-11-19(12-6-15)29(25,26)28-18-9-7-16(8-10-18)13-17(14-23)22-20(24)27-21(2,3)4;1-3-7-13(8-4-1)11-15-12-14-9-5-2-6-10-14/h5-12,17,23H,13-14H2,1-4H3,(H,22,24);1-10H,11-12H2. The van der Waals surface area contributed by atoms with E-state index in [1.165, 1.54) is 35.4 Å². The van der Waals surface area contributed by atoms with E-state index in [4.69, 9.17) is 13.7 Å². The maximum Gasteiger partial charge on any atom is 0.407 e. The van der Waals surface area contributed by atoms with E-state index in [0.29, 0.717) is 19.6 Å². The van der Waals surface area contributed by atoms with Crippen molar-refractivity contribution < 1.29 is 32.0 Å². The Bertz CT molecular complexity index is 1480. The molecule has 1 amide bonds. The first-order chi connectivity index (χ1) is 20.9. The lowest BCUT2D eigenvalue weighted by Gasteiger charge is -2.22. The van der Waals surface area contributed by atoms with Crippen LogP contribution in [0.2, 0.25) is 0 Å². The molecule has 9 heteroatoms. The summed E-state index contributed by atoms with van der Waals surface area (Å²) >= 11 is 0. The van der Waals surface area contributed by atoms with Gasteiger partial charge in [-0.2, -0.15) is 8.42 Å². The summed E-state index contributed by atoms with van der Waals surface area (Å²) in [6.07, 6.45) is -0.263. The van der Waals surface area contributed by atoms with E-state index in [1.54, 1.807) is 45.0 Å². The number of hydrogen-bond donors (Lipinski definition) is 2. The summed E-state index contributed by atoms with van der Waals surface area (Å²) in [6, 6.07) is 32.7. The average molecular weight is 620 g/mol. The molecule has 0 aliphatic carbocycles. The summed E-state index contributed by atoms with van der Waals surface area (Å²) in [5.74, 6) is 0.176. The van der Waals surface area contributed by atoms with Crippen molar-refractivity contribution >= 4 is 16.2 Å². The van der Waals surface area contributed by atoms with Gasteiger partial charge in [0.2, 0.25) is 0 Å². The Balaban J connectivity index is 0.000000293. The highest BCUT2D eigenvalue weighted by atomic mass is 32.2. The summed E-state index contributed by atoms with van der Waals surface area (Å²) in [5, 5.41) is 12.1. The third-order valence-corrected chi connectivity index (χ3v) is 7.35. The van der Waals surface area contributed by atoms with Crippen molar-refractivity contribution in [3.8, 4) is 5.75 Å². The molecule has 0 aliphatic heterocycles. The molecule has 0 aromatic heterocycles. The van der Waals surface area contributed by atoms with Crippen LogP contribution in [0.3, 0.4) is 0 Å². The maximum atomic E-state index is 12.3. The highest BCUT2D eigenvalue weighted by molar-refractivity contribution is 7.87. The quantitative estimate of drug-likeness (QED) is 0.182. The zero-order chi connectivity index (χ0) is 32.0. The van der Waals surface area contributed by atoms with Gasteiger partial charge >= 0.3 is 16.2 Å². The minimum absolute atomic E-state index is 0.0779. The van der Waals surface area contributed by atoms with Crippen molar-refractivity contribution in [2.75, 3.05) is 6.61 Å². The van der Waals surface area contributed by atoms with Crippen LogP contribution in [0.15, 0.2) is 114 Å². The number of carbonyl (C=O) groups is 1. The third-order valence-electron chi connectivity index (χ3n) is 6.09. The normalized spacial score (nSPS) is 11.9. The van der Waals surface area contributed by atoms with Crippen molar-refractivity contribution in [3.05, 3.63) is 131 Å². The molecule has 4 aromatic carbocycles. The number of hydrogen-bond acceptors (Lipinski definition) is 7. The molecule has 0 radical (unpaired) electrons. The molecule has 4 aromatic rings. The molecule has 2 N–H and O–H groups in total. The monoisotopic (exact) mass is 619 g/mol. The van der Waals surface area contributed by atoms with Crippen LogP contribution in [-0.2, 0) is 39.2 Å². The fourth-order valence-corrected chi connectivity index (χ4v) is 4.85. The van der Waals surface area contributed by atoms with Gasteiger partial charge in [-0.15, -0.1) is 0 Å². The number of aryl methyl sites for hydroxylation is 1. The fourth-order valence-electron chi connectivity index (χ4n) is 3.92. The van der Waals surface area contributed by atoms with Crippen LogP contribution in [0.1, 0.15) is 43.0 Å². The lowest BCUT2D eigenvalue weighted by atomic mass is 10.1. The topological polar surface area (TPSA) is 111 Å². The molecular formula is C35H41NO7S. The maximum absolute atomic E-state index is 12.3. The lowest BCUT2D eigenvalue weighted by molar-refractivity contribution is 0.0482. The van der Waals surface area contributed by atoms with Crippen LogP contribution in [0.5, 0.6) is 5.75 Å². The minimum atomic E-state index is -3.92. The van der Waals surface area contributed by atoms with Crippen LogP contribution in [0.4, 0.5) is 4.79 Å². The number of alkyl carbamates (subject to hydrolysis) is 1. The van der Waals surface area contributed by atoms with Gasteiger partial charge in [0.25, 0.3) is 0 Å². The van der Waals surface area contributed by atoms with Crippen LogP contribution >= 0.6 is 0 Å². The zero-order valence-corrected chi connectivity index (χ0v) is 26.4. The Hall–Kier alpha value is -4.18. The highest BCUT2D eigenvalue weighted by Crippen LogP contribution is 2.20. The van der Waals surface area contributed by atoms with Crippen molar-refractivity contribution in [2.24, 2.45) is 0 Å². The fraction of sp³-hybridized carbons (Fsp3) is 0.286. The zero-order valence-electron chi connectivity index (χ0n) is 25.6. The predicted octanol–water partition coefficient (Wildman–Crippen LogP) is 6.59. The van der Waals surface area contributed by atoms with E-state index in [-0.39, 0.29) is 17.3 Å². The third kappa shape index (κ3) is 12.6. The van der Waals surface area contributed by atoms with E-state index in [0.717, 1.165) is 11.1 Å². The number of benzene rings is 4. The molecule has 0 saturated carbocycles. The molecule has 0 fully saturated rings. The number of rotatable bonds is 11. The largest absolute Gasteiger partial charge is 0.444 e. The predicted molar refractivity (Wildman–Crippen MR) is 171 cm³/mol. The number of aliphatic hydroxyl groups excluding tert-OH is 1. The molecule has 0 spiro atoms. The van der Waals surface area contributed by atoms with E-state index in [2.05, 4.69) is 29.6 Å². The second-order valence-electron chi connectivity index (χ2n) is 11.2. The Morgan fingerprint density at radius 3 is 1.77 bits per heavy atom. The molecule has 0 heterocycles. The molecule has 44 heavy (non-hydrogen) atoms. The van der Waals surface area contributed by atoms with Gasteiger partial charge < -0.3 is 24.1 Å². The first-order valence-electron chi connectivity index (χ1n) is 14.3. The van der Waals surface area contributed by atoms with Crippen LogP contribution in [0.25, 0.3) is 0 Å². The molecule has 4 rings (SSSR count). The van der Waals surface area contributed by atoms with Crippen molar-refractivity contribution in [1.82, 2.24) is 5.32 Å². The average Bonchev–Trinajstić information content (AvgIpc) is 2.98. The summed E-state index contributed by atoms with van der Waals surface area (Å²) in [7, 11) is -3.92. The van der Waals surface area contributed by atoms with Gasteiger partial charge in [0, 0.05) is 0 Å². The number of nitrogens with one attached hydrogen (secondary N) is 1. The Labute approximate surface area is 260 Å². The molecule has 234 valence electrons. The molecule has 0 bridgehead atoms. The Morgan fingerprint density at radius 1 is 0.773 bits per heavy atom. The first-order valence-corrected chi connectivity index (χ1v) is 15.7. The summed E-state index contributed by atoms with van der Waals surface area (Å²) < 4.78 is 40.6. The van der Waals surface area contributed by atoms with Crippen molar-refractivity contribution in [2.45, 2.75) is 63.9 Å². The first kappa shape index (κ1) is 34.3. The molecule has 1 atom stereocenters. The van der Waals surface area contributed by atoms with Gasteiger partial charge in [-0.1, -0.05) is 90.5 Å². The van der Waals surface area contributed by atoms with Gasteiger partial charge in [0.1, 0.15) is 16.2 Å². The van der Waals surface area contributed by atoms with E-state index in [1.807, 2.05) is 43.3 Å². The summed E-state index contributed by atoms with van der Waals surface area (Å²) in [4.78, 5) is 11.9. The van der Waals surface area contributed by atoms with Gasteiger partial charge in [-0.3, -0.25) is 0 Å². The number of aliphatic hydroxyl groups is 1. The summed E-state index contributed by atoms with van der Waals surface area (Å²) in [6.45, 7) is 8.22. The van der Waals surface area contributed by atoms with Crippen LogP contribution < -0.4 is 9.50 Å². The van der Waals surface area contributed by atoms with Crippen molar-refractivity contribution in [3.63, 3.8) is 0 Å². The van der Waals surface area contributed by atoms with E-state index < -0.39 is 27.9 Å². The molecule has 8 nitrogen and oxygen atoms in total. The second kappa shape index (κ2) is 16.6. The SMILES string of the molecule is Cc1ccc(S(=O)(=O)Oc2ccc(CC(CO)NC(=O)OC(C)(C)C)cc2)cc1.c1ccc(COCc2ccccc2)cc1. The van der Waals surface area contributed by atoms with E-state index in [9.17, 15) is 18.3 Å². The molecular weight excluding hydrogens is 578 g/mol. The molecule has 1 unspecified atom stereocenters. The van der Waals surface area contributed by atoms with Gasteiger partial charge in [0.15, 0.2) is 0 Å². The smallest absolute Gasteiger partial charge is 0.407 e. The van der Waals surface area contributed by atoms with Crippen LogP contribution in [0, 0.1) is 6.92 Å². The van der Waals surface area contributed by atoms with E-state index >= 15 is 0 Å². The van der Waals surface area contributed by atoms with Crippen molar-refractivity contribution in [1.29, 1.82) is 0 Å². The number of amides is 1. The van der Waals surface area contributed by atoms with Gasteiger partial charge in [0.05, 0.1) is 25.9 Å². The number of carbonyl (C=O) groups excluding carboxylic acids is 1. The lowest BCUT2D eigenvalue weighted by Crippen LogP contribution is -2.42. The Kier molecular flexibility index (Phi) is 13.0. The summed E-state index contributed by atoms with van der Waals surface area (Å²) in [5.41, 5.74) is 3.54. The number of ether oxygens (including phenoxy) is 2. The van der Waals surface area contributed by atoms with Gasteiger partial charge in [-0.05, 0) is 75.1 Å². The minimum Gasteiger partial charge on any atom is -0.444 e. The highest BCUT2D eigenvalue weighted by Gasteiger charge is 2.20. The Morgan fingerprint density at radius 2 is 1.30 bits per heavy atom. The molecule has 0 saturated heterocycles. The molecule has 0 aliphatic rings.